The van der Waals surface area contributed by atoms with Crippen LogP contribution in [-0.4, -0.2) is 6.61 Å². The molecule has 2 aliphatic carbocycles. The molecule has 2 unspecified atom stereocenters. The Hall–Kier alpha value is -0.720. The summed E-state index contributed by atoms with van der Waals surface area (Å²) in [5, 5.41) is 0. The van der Waals surface area contributed by atoms with Crippen LogP contribution in [0.25, 0.3) is 0 Å². The minimum absolute atomic E-state index is 0.831. The van der Waals surface area contributed by atoms with E-state index in [9.17, 15) is 0 Å². The topological polar surface area (TPSA) is 9.23 Å². The summed E-state index contributed by atoms with van der Waals surface area (Å²) < 4.78 is 5.46. The summed E-state index contributed by atoms with van der Waals surface area (Å²) in [5.74, 6) is 1.75. The van der Waals surface area contributed by atoms with Gasteiger partial charge in [-0.05, 0) is 43.1 Å². The Morgan fingerprint density at radius 2 is 2.46 bits per heavy atom. The molecule has 0 aromatic rings. The highest BCUT2D eigenvalue weighted by molar-refractivity contribution is 5.19. The number of allylic oxidation sites excluding steroid dienone is 2. The summed E-state index contributed by atoms with van der Waals surface area (Å²) in [6.07, 6.45) is 11.6. The van der Waals surface area contributed by atoms with Crippen molar-refractivity contribution in [3.63, 3.8) is 0 Å². The van der Waals surface area contributed by atoms with Crippen molar-refractivity contribution in [2.24, 2.45) is 11.8 Å². The van der Waals surface area contributed by atoms with E-state index in [0.29, 0.717) is 0 Å². The summed E-state index contributed by atoms with van der Waals surface area (Å²) >= 11 is 0. The van der Waals surface area contributed by atoms with Gasteiger partial charge in [0.05, 0.1) is 6.26 Å². The van der Waals surface area contributed by atoms with Gasteiger partial charge in [-0.1, -0.05) is 19.1 Å². The first kappa shape index (κ1) is 8.86. The quantitative estimate of drug-likeness (QED) is 0.474. The van der Waals surface area contributed by atoms with E-state index < -0.39 is 0 Å². The van der Waals surface area contributed by atoms with Crippen molar-refractivity contribution in [3.05, 3.63) is 24.0 Å². The summed E-state index contributed by atoms with van der Waals surface area (Å²) in [7, 11) is 0. The SMILES string of the molecule is CCC=COCC1=CC2CCC1C2. The summed E-state index contributed by atoms with van der Waals surface area (Å²) in [5.41, 5.74) is 1.55. The smallest absolute Gasteiger partial charge is 0.109 e. The molecule has 1 nitrogen and oxygen atoms in total. The van der Waals surface area contributed by atoms with Crippen molar-refractivity contribution >= 4 is 0 Å². The maximum absolute atomic E-state index is 5.46. The van der Waals surface area contributed by atoms with Gasteiger partial charge in [0.2, 0.25) is 0 Å². The van der Waals surface area contributed by atoms with Gasteiger partial charge in [0.1, 0.15) is 6.61 Å². The molecule has 0 saturated heterocycles. The Balaban J connectivity index is 1.77. The summed E-state index contributed by atoms with van der Waals surface area (Å²) in [6, 6.07) is 0. The molecular formula is C12H18O. The van der Waals surface area contributed by atoms with Crippen molar-refractivity contribution in [3.8, 4) is 0 Å². The van der Waals surface area contributed by atoms with Gasteiger partial charge in [0.15, 0.2) is 0 Å². The van der Waals surface area contributed by atoms with E-state index in [1.807, 2.05) is 6.26 Å². The zero-order chi connectivity index (χ0) is 9.10. The first-order valence-corrected chi connectivity index (χ1v) is 5.37. The Labute approximate surface area is 80.5 Å². The Morgan fingerprint density at radius 1 is 1.54 bits per heavy atom. The number of fused-ring (bicyclic) bond motifs is 2. The molecule has 1 fully saturated rings. The van der Waals surface area contributed by atoms with E-state index in [-0.39, 0.29) is 0 Å². The van der Waals surface area contributed by atoms with E-state index in [1.54, 1.807) is 5.57 Å². The monoisotopic (exact) mass is 178 g/mol. The van der Waals surface area contributed by atoms with Gasteiger partial charge < -0.3 is 4.74 Å². The number of hydrogen-bond acceptors (Lipinski definition) is 1. The van der Waals surface area contributed by atoms with Crippen LogP contribution in [0.3, 0.4) is 0 Å². The molecule has 0 radical (unpaired) electrons. The van der Waals surface area contributed by atoms with Crippen LogP contribution in [0.4, 0.5) is 0 Å². The average Bonchev–Trinajstić information content (AvgIpc) is 2.73. The standard InChI is InChI=1S/C12H18O/c1-2-3-6-13-9-12-8-10-4-5-11(12)7-10/h3,6,8,10-11H,2,4-5,7,9H2,1H3. The zero-order valence-corrected chi connectivity index (χ0v) is 8.33. The maximum Gasteiger partial charge on any atom is 0.109 e. The highest BCUT2D eigenvalue weighted by Gasteiger charge is 2.32. The van der Waals surface area contributed by atoms with E-state index in [4.69, 9.17) is 4.74 Å². The van der Waals surface area contributed by atoms with Gasteiger partial charge in [-0.2, -0.15) is 0 Å². The predicted molar refractivity (Wildman–Crippen MR) is 54.3 cm³/mol. The van der Waals surface area contributed by atoms with Crippen molar-refractivity contribution in [1.29, 1.82) is 0 Å². The second-order valence-electron chi connectivity index (χ2n) is 4.10. The van der Waals surface area contributed by atoms with Gasteiger partial charge >= 0.3 is 0 Å². The number of rotatable bonds is 4. The van der Waals surface area contributed by atoms with Crippen LogP contribution in [0.1, 0.15) is 32.6 Å². The Bertz CT molecular complexity index is 227. The van der Waals surface area contributed by atoms with E-state index >= 15 is 0 Å². The van der Waals surface area contributed by atoms with Gasteiger partial charge in [-0.15, -0.1) is 0 Å². The fourth-order valence-corrected chi connectivity index (χ4v) is 2.42. The number of hydrogen-bond donors (Lipinski definition) is 0. The third-order valence-electron chi connectivity index (χ3n) is 3.13. The predicted octanol–water partition coefficient (Wildman–Crippen LogP) is 3.28. The van der Waals surface area contributed by atoms with Crippen molar-refractivity contribution in [1.82, 2.24) is 0 Å². The molecule has 1 heteroatoms. The van der Waals surface area contributed by atoms with Crippen molar-refractivity contribution in [2.75, 3.05) is 6.61 Å². The van der Waals surface area contributed by atoms with Gasteiger partial charge in [-0.25, -0.2) is 0 Å². The van der Waals surface area contributed by atoms with Gasteiger partial charge in [0, 0.05) is 0 Å². The molecule has 0 aromatic heterocycles. The average molecular weight is 178 g/mol. The fraction of sp³-hybridized carbons (Fsp3) is 0.667. The van der Waals surface area contributed by atoms with Gasteiger partial charge in [0.25, 0.3) is 0 Å². The second kappa shape index (κ2) is 3.99. The van der Waals surface area contributed by atoms with Gasteiger partial charge in [-0.3, -0.25) is 0 Å². The molecular weight excluding hydrogens is 160 g/mol. The lowest BCUT2D eigenvalue weighted by Crippen LogP contribution is -2.02. The molecule has 13 heavy (non-hydrogen) atoms. The molecule has 0 heterocycles. The molecule has 0 aromatic carbocycles. The van der Waals surface area contributed by atoms with Crippen LogP contribution < -0.4 is 0 Å². The van der Waals surface area contributed by atoms with E-state index in [2.05, 4.69) is 19.1 Å². The third kappa shape index (κ3) is 1.96. The molecule has 2 rings (SSSR count). The highest BCUT2D eigenvalue weighted by atomic mass is 16.5. The lowest BCUT2D eigenvalue weighted by molar-refractivity contribution is 0.268. The lowest BCUT2D eigenvalue weighted by Gasteiger charge is -2.12. The lowest BCUT2D eigenvalue weighted by atomic mass is 9.99. The Kier molecular flexibility index (Phi) is 2.72. The van der Waals surface area contributed by atoms with Crippen LogP contribution in [0.15, 0.2) is 24.0 Å². The molecule has 72 valence electrons. The summed E-state index contributed by atoms with van der Waals surface area (Å²) in [4.78, 5) is 0. The Morgan fingerprint density at radius 3 is 3.08 bits per heavy atom. The molecule has 0 N–H and O–H groups in total. The van der Waals surface area contributed by atoms with Crippen LogP contribution in [-0.2, 0) is 4.74 Å². The number of ether oxygens (including phenoxy) is 1. The highest BCUT2D eigenvalue weighted by Crippen LogP contribution is 2.43. The zero-order valence-electron chi connectivity index (χ0n) is 8.33. The molecule has 2 bridgehead atoms. The minimum atomic E-state index is 0.831. The molecule has 0 aliphatic heterocycles. The minimum Gasteiger partial charge on any atom is -0.497 e. The first-order valence-electron chi connectivity index (χ1n) is 5.37. The largest absolute Gasteiger partial charge is 0.497 e. The van der Waals surface area contributed by atoms with Crippen molar-refractivity contribution in [2.45, 2.75) is 32.6 Å². The molecule has 1 saturated carbocycles. The van der Waals surface area contributed by atoms with E-state index in [1.165, 1.54) is 19.3 Å². The first-order chi connectivity index (χ1) is 6.40. The third-order valence-corrected chi connectivity index (χ3v) is 3.13. The van der Waals surface area contributed by atoms with Crippen molar-refractivity contribution < 1.29 is 4.74 Å². The fourth-order valence-electron chi connectivity index (χ4n) is 2.42. The normalized spacial score (nSPS) is 31.3. The second-order valence-corrected chi connectivity index (χ2v) is 4.10. The van der Waals surface area contributed by atoms with Crippen LogP contribution in [0, 0.1) is 11.8 Å². The molecule has 0 amide bonds. The molecule has 2 atom stereocenters. The maximum atomic E-state index is 5.46. The van der Waals surface area contributed by atoms with Crippen LogP contribution >= 0.6 is 0 Å². The van der Waals surface area contributed by atoms with E-state index in [0.717, 1.165) is 24.9 Å². The molecule has 0 spiro atoms. The molecule has 2 aliphatic rings. The van der Waals surface area contributed by atoms with Crippen LogP contribution in [0.5, 0.6) is 0 Å². The summed E-state index contributed by atoms with van der Waals surface area (Å²) in [6.45, 7) is 2.95. The van der Waals surface area contributed by atoms with Crippen LogP contribution in [0.2, 0.25) is 0 Å².